The van der Waals surface area contributed by atoms with Crippen molar-refractivity contribution in [3.63, 3.8) is 0 Å². The monoisotopic (exact) mass is 262 g/mol. The number of hydrogen-bond donors (Lipinski definition) is 1. The van der Waals surface area contributed by atoms with Gasteiger partial charge in [0.05, 0.1) is 0 Å². The number of nitrogens with one attached hydrogen (secondary N) is 1. The fourth-order valence-corrected chi connectivity index (χ4v) is 2.94. The Morgan fingerprint density at radius 2 is 1.89 bits per heavy atom. The number of aromatic nitrogens is 2. The third kappa shape index (κ3) is 3.17. The maximum absolute atomic E-state index is 4.59. The van der Waals surface area contributed by atoms with Crippen molar-refractivity contribution in [3.05, 3.63) is 12.3 Å². The van der Waals surface area contributed by atoms with Crippen LogP contribution in [0, 0.1) is 5.41 Å². The van der Waals surface area contributed by atoms with Gasteiger partial charge < -0.3 is 10.2 Å². The fraction of sp³-hybridized carbons (Fsp3) is 0.733. The van der Waals surface area contributed by atoms with Crippen molar-refractivity contribution in [3.8, 4) is 0 Å². The summed E-state index contributed by atoms with van der Waals surface area (Å²) in [5.74, 6) is 1.80. The van der Waals surface area contributed by atoms with Gasteiger partial charge in [-0.1, -0.05) is 26.7 Å². The third-order valence-electron chi connectivity index (χ3n) is 4.62. The summed E-state index contributed by atoms with van der Waals surface area (Å²) in [4.78, 5) is 11.2. The molecule has 1 N–H and O–H groups in total. The van der Waals surface area contributed by atoms with E-state index >= 15 is 0 Å². The van der Waals surface area contributed by atoms with Crippen LogP contribution in [0.1, 0.15) is 46.5 Å². The maximum atomic E-state index is 4.59. The molecule has 4 heteroatoms. The van der Waals surface area contributed by atoms with Gasteiger partial charge in [0.25, 0.3) is 0 Å². The first-order chi connectivity index (χ1) is 9.23. The van der Waals surface area contributed by atoms with Crippen LogP contribution in [0.15, 0.2) is 12.3 Å². The van der Waals surface area contributed by atoms with Crippen LogP contribution >= 0.6 is 0 Å². The molecule has 0 radical (unpaired) electrons. The fourth-order valence-electron chi connectivity index (χ4n) is 2.94. The van der Waals surface area contributed by atoms with Crippen LogP contribution in [-0.4, -0.2) is 29.6 Å². The molecule has 0 unspecified atom stereocenters. The van der Waals surface area contributed by atoms with Gasteiger partial charge in [-0.15, -0.1) is 0 Å². The predicted molar refractivity (Wildman–Crippen MR) is 80.7 cm³/mol. The summed E-state index contributed by atoms with van der Waals surface area (Å²) in [6, 6.07) is 2.02. The van der Waals surface area contributed by atoms with Gasteiger partial charge in [0.15, 0.2) is 0 Å². The molecule has 0 saturated carbocycles. The lowest BCUT2D eigenvalue weighted by molar-refractivity contribution is 0.199. The molecule has 1 aliphatic rings. The molecule has 4 nitrogen and oxygen atoms in total. The standard InChI is InChI=1S/C15H26N4/c1-4-15(5-2)8-11-19(12-9-15)13-7-10-17-14(18-13)16-6-3/h7,10H,4-6,8-9,11-12H2,1-3H3,(H,16,17,18). The lowest BCUT2D eigenvalue weighted by atomic mass is 9.74. The minimum Gasteiger partial charge on any atom is -0.356 e. The van der Waals surface area contributed by atoms with E-state index in [9.17, 15) is 0 Å². The van der Waals surface area contributed by atoms with Crippen molar-refractivity contribution in [2.45, 2.75) is 46.5 Å². The Morgan fingerprint density at radius 1 is 1.21 bits per heavy atom. The molecule has 1 aromatic rings. The second-order valence-corrected chi connectivity index (χ2v) is 5.46. The van der Waals surface area contributed by atoms with Gasteiger partial charge in [0, 0.05) is 25.8 Å². The largest absolute Gasteiger partial charge is 0.356 e. The lowest BCUT2D eigenvalue weighted by Gasteiger charge is -2.41. The smallest absolute Gasteiger partial charge is 0.224 e. The Balaban J connectivity index is 2.03. The Hall–Kier alpha value is -1.32. The van der Waals surface area contributed by atoms with Crippen LogP contribution < -0.4 is 10.2 Å². The number of rotatable bonds is 5. The lowest BCUT2D eigenvalue weighted by Crippen LogP contribution is -2.40. The van der Waals surface area contributed by atoms with Crippen LogP contribution in [-0.2, 0) is 0 Å². The molecule has 0 bridgehead atoms. The van der Waals surface area contributed by atoms with E-state index in [2.05, 4.69) is 41.0 Å². The molecular formula is C15H26N4. The summed E-state index contributed by atoms with van der Waals surface area (Å²) in [6.07, 6.45) is 7.00. The zero-order valence-corrected chi connectivity index (χ0v) is 12.4. The molecule has 2 rings (SSSR count). The SMILES string of the molecule is CCNc1nccc(N2CCC(CC)(CC)CC2)n1. The van der Waals surface area contributed by atoms with Crippen LogP contribution in [0.5, 0.6) is 0 Å². The molecule has 0 aliphatic carbocycles. The predicted octanol–water partition coefficient (Wildman–Crippen LogP) is 3.32. The van der Waals surface area contributed by atoms with E-state index in [1.54, 1.807) is 0 Å². The first-order valence-electron chi connectivity index (χ1n) is 7.55. The van der Waals surface area contributed by atoms with Crippen LogP contribution in [0.4, 0.5) is 11.8 Å². The highest BCUT2D eigenvalue weighted by Crippen LogP contribution is 2.38. The second-order valence-electron chi connectivity index (χ2n) is 5.46. The summed E-state index contributed by atoms with van der Waals surface area (Å²) in [5.41, 5.74) is 0.564. The first-order valence-corrected chi connectivity index (χ1v) is 7.55. The summed E-state index contributed by atoms with van der Waals surface area (Å²) >= 11 is 0. The Bertz CT molecular complexity index is 391. The minimum absolute atomic E-state index is 0.564. The first kappa shape index (κ1) is 14.1. The molecule has 19 heavy (non-hydrogen) atoms. The molecule has 1 aliphatic heterocycles. The van der Waals surface area contributed by atoms with Crippen molar-refractivity contribution in [1.29, 1.82) is 0 Å². The van der Waals surface area contributed by atoms with Crippen molar-refractivity contribution in [2.24, 2.45) is 5.41 Å². The topological polar surface area (TPSA) is 41.1 Å². The molecule has 2 heterocycles. The Labute approximate surface area is 116 Å². The van der Waals surface area contributed by atoms with E-state index in [1.807, 2.05) is 12.3 Å². The number of nitrogens with zero attached hydrogens (tertiary/aromatic N) is 3. The highest BCUT2D eigenvalue weighted by Gasteiger charge is 2.31. The summed E-state index contributed by atoms with van der Waals surface area (Å²) < 4.78 is 0. The van der Waals surface area contributed by atoms with Crippen molar-refractivity contribution in [1.82, 2.24) is 9.97 Å². The van der Waals surface area contributed by atoms with Gasteiger partial charge in [-0.3, -0.25) is 0 Å². The van der Waals surface area contributed by atoms with Gasteiger partial charge >= 0.3 is 0 Å². The second kappa shape index (κ2) is 6.22. The Kier molecular flexibility index (Phi) is 4.61. The number of piperidine rings is 1. The number of anilines is 2. The quantitative estimate of drug-likeness (QED) is 0.884. The normalized spacial score (nSPS) is 18.4. The highest BCUT2D eigenvalue weighted by molar-refractivity contribution is 5.42. The molecule has 1 aromatic heterocycles. The summed E-state index contributed by atoms with van der Waals surface area (Å²) in [6.45, 7) is 9.81. The van der Waals surface area contributed by atoms with Gasteiger partial charge in [0.2, 0.25) is 5.95 Å². The van der Waals surface area contributed by atoms with E-state index in [0.29, 0.717) is 5.41 Å². The molecule has 0 atom stereocenters. The van der Waals surface area contributed by atoms with Crippen LogP contribution in [0.25, 0.3) is 0 Å². The molecule has 1 saturated heterocycles. The average molecular weight is 262 g/mol. The molecule has 0 spiro atoms. The molecule has 0 aromatic carbocycles. The summed E-state index contributed by atoms with van der Waals surface area (Å²) in [7, 11) is 0. The van der Waals surface area contributed by atoms with Crippen molar-refractivity contribution >= 4 is 11.8 Å². The van der Waals surface area contributed by atoms with Gasteiger partial charge in [-0.2, -0.15) is 4.98 Å². The molecule has 106 valence electrons. The van der Waals surface area contributed by atoms with Crippen LogP contribution in [0.2, 0.25) is 0 Å². The highest BCUT2D eigenvalue weighted by atomic mass is 15.2. The minimum atomic E-state index is 0.564. The van der Waals surface area contributed by atoms with Crippen molar-refractivity contribution < 1.29 is 0 Å². The molecule has 1 fully saturated rings. The zero-order valence-electron chi connectivity index (χ0n) is 12.4. The van der Waals surface area contributed by atoms with Crippen LogP contribution in [0.3, 0.4) is 0 Å². The average Bonchev–Trinajstić information content (AvgIpc) is 2.48. The molecular weight excluding hydrogens is 236 g/mol. The van der Waals surface area contributed by atoms with E-state index in [0.717, 1.165) is 31.4 Å². The maximum Gasteiger partial charge on any atom is 0.224 e. The van der Waals surface area contributed by atoms with E-state index < -0.39 is 0 Å². The van der Waals surface area contributed by atoms with Gasteiger partial charge in [-0.05, 0) is 31.2 Å². The number of hydrogen-bond acceptors (Lipinski definition) is 4. The van der Waals surface area contributed by atoms with E-state index in [4.69, 9.17) is 0 Å². The molecule has 0 amide bonds. The van der Waals surface area contributed by atoms with E-state index in [1.165, 1.54) is 25.7 Å². The zero-order chi connectivity index (χ0) is 13.7. The van der Waals surface area contributed by atoms with Gasteiger partial charge in [-0.25, -0.2) is 4.98 Å². The Morgan fingerprint density at radius 3 is 2.47 bits per heavy atom. The van der Waals surface area contributed by atoms with Crippen molar-refractivity contribution in [2.75, 3.05) is 29.9 Å². The van der Waals surface area contributed by atoms with Gasteiger partial charge in [0.1, 0.15) is 5.82 Å². The third-order valence-corrected chi connectivity index (χ3v) is 4.62. The summed E-state index contributed by atoms with van der Waals surface area (Å²) in [5, 5.41) is 3.18. The van der Waals surface area contributed by atoms with E-state index in [-0.39, 0.29) is 0 Å².